The van der Waals surface area contributed by atoms with Crippen LogP contribution >= 0.6 is 0 Å². The normalized spacial score (nSPS) is 14.5. The Morgan fingerprint density at radius 3 is 1.26 bits per heavy atom. The van der Waals surface area contributed by atoms with Crippen molar-refractivity contribution in [3.8, 4) is 33.8 Å². The average Bonchev–Trinajstić information content (AvgIpc) is 3.27. The minimum Gasteiger partial charge on any atom is -0.486 e. The van der Waals surface area contributed by atoms with Gasteiger partial charge in [-0.2, -0.15) is 0 Å². The summed E-state index contributed by atoms with van der Waals surface area (Å²) in [6.45, 7) is 31.0. The number of fused-ring (bicyclic) bond motifs is 5. The molecule has 0 unspecified atom stereocenters. The molecule has 5 heteroatoms. The molecule has 0 spiro atoms. The van der Waals surface area contributed by atoms with Gasteiger partial charge in [0.25, 0.3) is 6.71 Å². The largest absolute Gasteiger partial charge is 0.486 e. The molecule has 0 atom stereocenters. The van der Waals surface area contributed by atoms with Crippen LogP contribution in [0, 0.1) is 6.92 Å². The minimum atomic E-state index is -0.0518. The lowest BCUT2D eigenvalue weighted by Gasteiger charge is -2.45. The number of ether oxygens (including phenoxy) is 2. The van der Waals surface area contributed by atoms with Crippen LogP contribution in [0.5, 0.6) is 11.5 Å². The van der Waals surface area contributed by atoms with E-state index >= 15 is 0 Å². The highest BCUT2D eigenvalue weighted by molar-refractivity contribution is 7.00. The van der Waals surface area contributed by atoms with Crippen LogP contribution in [0.1, 0.15) is 111 Å². The van der Waals surface area contributed by atoms with E-state index in [1.165, 1.54) is 89.2 Å². The molecule has 0 N–H and O–H groups in total. The molecule has 66 heavy (non-hydrogen) atoms. The molecule has 334 valence electrons. The summed E-state index contributed by atoms with van der Waals surface area (Å²) in [6.07, 6.45) is 0. The zero-order chi connectivity index (χ0) is 46.7. The van der Waals surface area contributed by atoms with Gasteiger partial charge in [0.05, 0.1) is 5.69 Å². The Kier molecular flexibility index (Phi) is 10.2. The van der Waals surface area contributed by atoms with E-state index in [4.69, 9.17) is 9.47 Å². The first-order chi connectivity index (χ1) is 31.1. The van der Waals surface area contributed by atoms with Crippen molar-refractivity contribution in [1.29, 1.82) is 0 Å². The molecule has 0 aromatic heterocycles. The Morgan fingerprint density at radius 2 is 0.803 bits per heavy atom. The summed E-state index contributed by atoms with van der Waals surface area (Å²) < 4.78 is 12.3. The van der Waals surface area contributed by atoms with Crippen molar-refractivity contribution in [3.05, 3.63) is 161 Å². The van der Waals surface area contributed by atoms with Gasteiger partial charge in [0, 0.05) is 34.5 Å². The highest BCUT2D eigenvalue weighted by atomic mass is 16.6. The molecule has 3 aliphatic heterocycles. The summed E-state index contributed by atoms with van der Waals surface area (Å²) in [5.74, 6) is 1.58. The zero-order valence-electron chi connectivity index (χ0n) is 41.4. The summed E-state index contributed by atoms with van der Waals surface area (Å²) >= 11 is 0. The summed E-state index contributed by atoms with van der Waals surface area (Å²) in [5, 5.41) is 0. The van der Waals surface area contributed by atoms with E-state index in [0.29, 0.717) is 13.2 Å². The van der Waals surface area contributed by atoms with Gasteiger partial charge < -0.3 is 19.3 Å². The number of hydrogen-bond donors (Lipinski definition) is 0. The molecule has 3 heterocycles. The smallest absolute Gasteiger partial charge is 0.252 e. The molecular formula is C61H65BN2O2. The predicted octanol–water partition coefficient (Wildman–Crippen LogP) is 14.4. The minimum absolute atomic E-state index is 0.00699. The first-order valence-corrected chi connectivity index (χ1v) is 23.9. The Morgan fingerprint density at radius 1 is 0.379 bits per heavy atom. The van der Waals surface area contributed by atoms with E-state index in [2.05, 4.69) is 233 Å². The topological polar surface area (TPSA) is 24.9 Å². The van der Waals surface area contributed by atoms with Crippen molar-refractivity contribution < 1.29 is 9.47 Å². The highest BCUT2D eigenvalue weighted by Crippen LogP contribution is 2.48. The van der Waals surface area contributed by atoms with Gasteiger partial charge in [0.15, 0.2) is 11.5 Å². The third-order valence-corrected chi connectivity index (χ3v) is 14.1. The maximum atomic E-state index is 6.24. The Bertz CT molecular complexity index is 2950. The van der Waals surface area contributed by atoms with Crippen LogP contribution in [-0.4, -0.2) is 19.9 Å². The van der Waals surface area contributed by atoms with Gasteiger partial charge in [-0.3, -0.25) is 0 Å². The third-order valence-electron chi connectivity index (χ3n) is 14.1. The lowest BCUT2D eigenvalue weighted by Crippen LogP contribution is -2.61. The summed E-state index contributed by atoms with van der Waals surface area (Å²) in [6, 6.07) is 51.5. The number of rotatable bonds is 4. The van der Waals surface area contributed by atoms with E-state index in [1.54, 1.807) is 0 Å². The maximum Gasteiger partial charge on any atom is 0.252 e. The molecule has 7 aromatic carbocycles. The van der Waals surface area contributed by atoms with Crippen molar-refractivity contribution in [3.63, 3.8) is 0 Å². The molecule has 0 amide bonds. The van der Waals surface area contributed by atoms with Crippen molar-refractivity contribution >= 4 is 57.2 Å². The van der Waals surface area contributed by atoms with Gasteiger partial charge in [0.1, 0.15) is 13.2 Å². The van der Waals surface area contributed by atoms with Gasteiger partial charge in [-0.25, -0.2) is 0 Å². The second-order valence-corrected chi connectivity index (χ2v) is 23.1. The van der Waals surface area contributed by atoms with Gasteiger partial charge in [-0.1, -0.05) is 156 Å². The first-order valence-electron chi connectivity index (χ1n) is 23.9. The summed E-state index contributed by atoms with van der Waals surface area (Å²) in [4.78, 5) is 5.05. The van der Waals surface area contributed by atoms with Gasteiger partial charge in [-0.15, -0.1) is 0 Å². The van der Waals surface area contributed by atoms with Crippen LogP contribution in [0.15, 0.2) is 133 Å². The van der Waals surface area contributed by atoms with Crippen LogP contribution in [-0.2, 0) is 21.7 Å². The molecule has 3 aliphatic rings. The molecule has 0 saturated heterocycles. The fraction of sp³-hybridized carbons (Fsp3) is 0.311. The van der Waals surface area contributed by atoms with E-state index < -0.39 is 0 Å². The SMILES string of the molecule is Cc1cc2c3c(c1)N(c1ccc4c(c1)OCCO4)c1ccc(C(C)(C)C)cc1B3c1cc(C(C)(C)C)ccc1N2c1cc(-c2ccc(C(C)(C)C)cc2)cc(-c2ccc(C(C)(C)C)cc2)c1. The second-order valence-electron chi connectivity index (χ2n) is 23.1. The van der Waals surface area contributed by atoms with Crippen molar-refractivity contribution in [2.24, 2.45) is 0 Å². The molecule has 4 nitrogen and oxygen atoms in total. The van der Waals surface area contributed by atoms with Crippen molar-refractivity contribution in [2.75, 3.05) is 23.0 Å². The lowest BCUT2D eigenvalue weighted by atomic mass is 9.33. The fourth-order valence-corrected chi connectivity index (χ4v) is 10.2. The quantitative estimate of drug-likeness (QED) is 0.165. The molecule has 0 bridgehead atoms. The van der Waals surface area contributed by atoms with E-state index in [1.807, 2.05) is 0 Å². The Labute approximate surface area is 394 Å². The van der Waals surface area contributed by atoms with Crippen LogP contribution in [0.4, 0.5) is 34.1 Å². The monoisotopic (exact) mass is 869 g/mol. The van der Waals surface area contributed by atoms with Crippen molar-refractivity contribution in [2.45, 2.75) is 112 Å². The predicted molar refractivity (Wildman–Crippen MR) is 282 cm³/mol. The standard InChI is InChI=1S/C61H65BN2O2/c1-38-30-53-57-54(31-38)64(48-33-41(39-14-18-43(19-15-39)58(2,3)4)32-42(34-48)40-16-20-44(21-17-40)59(5,6)7)52-26-23-46(61(11,12)13)36-50(52)62(57)49-35-45(60(8,9)10)22-25-51(49)63(53)47-24-27-55-56(37-47)66-29-28-65-55/h14-27,30-37H,28-29H2,1-13H3. The van der Waals surface area contributed by atoms with E-state index in [9.17, 15) is 0 Å². The third kappa shape index (κ3) is 7.68. The number of hydrogen-bond acceptors (Lipinski definition) is 4. The molecule has 0 fully saturated rings. The number of benzene rings is 7. The van der Waals surface area contributed by atoms with E-state index in [-0.39, 0.29) is 28.4 Å². The lowest BCUT2D eigenvalue weighted by molar-refractivity contribution is 0.171. The molecule has 0 saturated carbocycles. The van der Waals surface area contributed by atoms with Crippen LogP contribution in [0.3, 0.4) is 0 Å². The first kappa shape index (κ1) is 43.7. The van der Waals surface area contributed by atoms with Crippen LogP contribution < -0.4 is 35.7 Å². The van der Waals surface area contributed by atoms with Crippen LogP contribution in [0.2, 0.25) is 0 Å². The van der Waals surface area contributed by atoms with Gasteiger partial charge in [0.2, 0.25) is 0 Å². The van der Waals surface area contributed by atoms with Crippen LogP contribution in [0.25, 0.3) is 22.3 Å². The van der Waals surface area contributed by atoms with E-state index in [0.717, 1.165) is 22.9 Å². The molecule has 0 radical (unpaired) electrons. The van der Waals surface area contributed by atoms with Crippen molar-refractivity contribution in [1.82, 2.24) is 0 Å². The second kappa shape index (κ2) is 15.4. The number of nitrogens with zero attached hydrogens (tertiary/aromatic N) is 2. The summed E-state index contributed by atoms with van der Waals surface area (Å²) in [5.41, 5.74) is 22.3. The Hall–Kier alpha value is -6.20. The van der Waals surface area contributed by atoms with Gasteiger partial charge >= 0.3 is 0 Å². The summed E-state index contributed by atoms with van der Waals surface area (Å²) in [7, 11) is 0. The molecular weight excluding hydrogens is 803 g/mol. The zero-order valence-corrected chi connectivity index (χ0v) is 41.4. The number of aryl methyl sites for hydroxylation is 1. The molecule has 7 aromatic rings. The molecule has 0 aliphatic carbocycles. The Balaban J connectivity index is 1.27. The average molecular weight is 869 g/mol. The fourth-order valence-electron chi connectivity index (χ4n) is 10.2. The maximum absolute atomic E-state index is 6.24. The van der Waals surface area contributed by atoms with Gasteiger partial charge in [-0.05, 0) is 150 Å². The molecule has 10 rings (SSSR count). The highest BCUT2D eigenvalue weighted by Gasteiger charge is 2.44. The number of anilines is 6.